The lowest BCUT2D eigenvalue weighted by Gasteiger charge is -2.15. The lowest BCUT2D eigenvalue weighted by atomic mass is 9.99. The second kappa shape index (κ2) is 6.33. The highest BCUT2D eigenvalue weighted by atomic mass is 19.1. The van der Waals surface area contributed by atoms with E-state index in [-0.39, 0.29) is 0 Å². The molecule has 1 atom stereocenters. The topological polar surface area (TPSA) is 55.2 Å². The maximum Gasteiger partial charge on any atom is 0.304 e. The minimum atomic E-state index is -0.804. The van der Waals surface area contributed by atoms with Crippen molar-refractivity contribution in [2.24, 2.45) is 11.8 Å². The van der Waals surface area contributed by atoms with Gasteiger partial charge in [-0.25, -0.2) is 0 Å². The number of nitro groups is 1. The van der Waals surface area contributed by atoms with E-state index in [1.165, 1.54) is 18.2 Å². The van der Waals surface area contributed by atoms with Crippen LogP contribution in [0.1, 0.15) is 27.2 Å². The summed E-state index contributed by atoms with van der Waals surface area (Å²) in [7, 11) is 0. The fourth-order valence-corrected chi connectivity index (χ4v) is 1.95. The van der Waals surface area contributed by atoms with Crippen molar-refractivity contribution in [3.05, 3.63) is 34.1 Å². The molecule has 0 amide bonds. The van der Waals surface area contributed by atoms with Crippen LogP contribution >= 0.6 is 0 Å². The van der Waals surface area contributed by atoms with Crippen LogP contribution in [0.4, 0.5) is 15.8 Å². The van der Waals surface area contributed by atoms with Crippen molar-refractivity contribution in [1.82, 2.24) is 0 Å². The molecular formula is C13H19FN2O2. The summed E-state index contributed by atoms with van der Waals surface area (Å²) in [4.78, 5) is 9.74. The molecule has 0 aliphatic heterocycles. The van der Waals surface area contributed by atoms with Gasteiger partial charge < -0.3 is 5.32 Å². The maximum atomic E-state index is 13.4. The van der Waals surface area contributed by atoms with Crippen LogP contribution < -0.4 is 5.32 Å². The van der Waals surface area contributed by atoms with E-state index in [9.17, 15) is 14.5 Å². The number of hydrogen-bond acceptors (Lipinski definition) is 3. The second-order valence-corrected chi connectivity index (χ2v) is 5.04. The molecule has 0 radical (unpaired) electrons. The SMILES string of the molecule is CC(C)CC(C)CNc1ccc([N+](=O)[O-])c(F)c1. The summed E-state index contributed by atoms with van der Waals surface area (Å²) in [6.07, 6.45) is 1.09. The van der Waals surface area contributed by atoms with Gasteiger partial charge in [-0.2, -0.15) is 4.39 Å². The predicted octanol–water partition coefficient (Wildman–Crippen LogP) is 3.83. The molecule has 0 aliphatic carbocycles. The molecule has 0 bridgehead atoms. The molecule has 0 spiro atoms. The Kier molecular flexibility index (Phi) is 5.07. The van der Waals surface area contributed by atoms with Gasteiger partial charge in [0, 0.05) is 24.4 Å². The summed E-state index contributed by atoms with van der Waals surface area (Å²) in [5.41, 5.74) is 0.0875. The molecule has 4 nitrogen and oxygen atoms in total. The molecule has 100 valence electrons. The monoisotopic (exact) mass is 254 g/mol. The number of hydrogen-bond donors (Lipinski definition) is 1. The Hall–Kier alpha value is -1.65. The minimum Gasteiger partial charge on any atom is -0.385 e. The van der Waals surface area contributed by atoms with Crippen LogP contribution in [0, 0.1) is 27.8 Å². The Morgan fingerprint density at radius 3 is 2.56 bits per heavy atom. The van der Waals surface area contributed by atoms with Crippen LogP contribution in [0.2, 0.25) is 0 Å². The quantitative estimate of drug-likeness (QED) is 0.620. The standard InChI is InChI=1S/C13H19FN2O2/c1-9(2)6-10(3)8-15-11-4-5-13(16(17)18)12(14)7-11/h4-5,7,9-10,15H,6,8H2,1-3H3. The molecule has 0 aromatic heterocycles. The summed E-state index contributed by atoms with van der Waals surface area (Å²) in [6.45, 7) is 7.16. The molecule has 1 aromatic rings. The van der Waals surface area contributed by atoms with Gasteiger partial charge in [0.05, 0.1) is 4.92 Å². The number of nitrogens with zero attached hydrogens (tertiary/aromatic N) is 1. The van der Waals surface area contributed by atoms with Crippen molar-refractivity contribution in [1.29, 1.82) is 0 Å². The van der Waals surface area contributed by atoms with Crippen molar-refractivity contribution in [2.75, 3.05) is 11.9 Å². The first-order chi connectivity index (χ1) is 8.40. The Labute approximate surface area is 106 Å². The van der Waals surface area contributed by atoms with Gasteiger partial charge in [0.15, 0.2) is 0 Å². The van der Waals surface area contributed by atoms with Gasteiger partial charge in [-0.05, 0) is 24.3 Å². The molecule has 1 N–H and O–H groups in total. The van der Waals surface area contributed by atoms with Crippen molar-refractivity contribution in [2.45, 2.75) is 27.2 Å². The number of nitrogens with one attached hydrogen (secondary N) is 1. The highest BCUT2D eigenvalue weighted by Gasteiger charge is 2.14. The summed E-state index contributed by atoms with van der Waals surface area (Å²) in [5, 5.41) is 13.6. The Bertz CT molecular complexity index is 421. The fraction of sp³-hybridized carbons (Fsp3) is 0.538. The van der Waals surface area contributed by atoms with Gasteiger partial charge in [0.1, 0.15) is 0 Å². The van der Waals surface area contributed by atoms with Gasteiger partial charge in [0.25, 0.3) is 0 Å². The average Bonchev–Trinajstić information content (AvgIpc) is 2.25. The van der Waals surface area contributed by atoms with E-state index in [4.69, 9.17) is 0 Å². The molecule has 0 heterocycles. The van der Waals surface area contributed by atoms with Gasteiger partial charge >= 0.3 is 5.69 Å². The molecule has 0 aliphatic rings. The third-order valence-electron chi connectivity index (χ3n) is 2.67. The molecule has 0 fully saturated rings. The van der Waals surface area contributed by atoms with E-state index in [2.05, 4.69) is 26.1 Å². The Morgan fingerprint density at radius 2 is 2.06 bits per heavy atom. The largest absolute Gasteiger partial charge is 0.385 e. The van der Waals surface area contributed by atoms with Crippen LogP contribution in [0.5, 0.6) is 0 Å². The van der Waals surface area contributed by atoms with Crippen molar-refractivity contribution in [3.63, 3.8) is 0 Å². The zero-order valence-corrected chi connectivity index (χ0v) is 10.9. The molecular weight excluding hydrogens is 235 g/mol. The summed E-state index contributed by atoms with van der Waals surface area (Å²) in [6, 6.07) is 3.88. The van der Waals surface area contributed by atoms with Crippen LogP contribution in [0.25, 0.3) is 0 Å². The van der Waals surface area contributed by atoms with Crippen LogP contribution in [0.3, 0.4) is 0 Å². The number of halogens is 1. The van der Waals surface area contributed by atoms with Gasteiger partial charge in [0.2, 0.25) is 5.82 Å². The molecule has 18 heavy (non-hydrogen) atoms. The smallest absolute Gasteiger partial charge is 0.304 e. The van der Waals surface area contributed by atoms with E-state index >= 15 is 0 Å². The van der Waals surface area contributed by atoms with Crippen molar-refractivity contribution < 1.29 is 9.31 Å². The first-order valence-corrected chi connectivity index (χ1v) is 6.08. The third kappa shape index (κ3) is 4.31. The number of anilines is 1. The van der Waals surface area contributed by atoms with Crippen molar-refractivity contribution in [3.8, 4) is 0 Å². The number of nitro benzene ring substituents is 1. The lowest BCUT2D eigenvalue weighted by molar-refractivity contribution is -0.387. The molecule has 0 saturated heterocycles. The van der Waals surface area contributed by atoms with Gasteiger partial charge in [-0.15, -0.1) is 0 Å². The van der Waals surface area contributed by atoms with Crippen LogP contribution in [-0.2, 0) is 0 Å². The zero-order valence-electron chi connectivity index (χ0n) is 10.9. The molecule has 5 heteroatoms. The van der Waals surface area contributed by atoms with E-state index in [1.807, 2.05) is 0 Å². The van der Waals surface area contributed by atoms with E-state index in [0.717, 1.165) is 13.0 Å². The van der Waals surface area contributed by atoms with E-state index in [1.54, 1.807) is 0 Å². The van der Waals surface area contributed by atoms with Crippen LogP contribution in [-0.4, -0.2) is 11.5 Å². The summed E-state index contributed by atoms with van der Waals surface area (Å²) < 4.78 is 13.4. The summed E-state index contributed by atoms with van der Waals surface area (Å²) >= 11 is 0. The molecule has 1 aromatic carbocycles. The summed E-state index contributed by atoms with van der Waals surface area (Å²) in [5.74, 6) is 0.292. The lowest BCUT2D eigenvalue weighted by Crippen LogP contribution is -2.13. The first kappa shape index (κ1) is 14.4. The number of benzene rings is 1. The third-order valence-corrected chi connectivity index (χ3v) is 2.67. The molecule has 1 rings (SSSR count). The average molecular weight is 254 g/mol. The highest BCUT2D eigenvalue weighted by Crippen LogP contribution is 2.21. The molecule has 0 saturated carbocycles. The normalized spacial score (nSPS) is 12.5. The minimum absolute atomic E-state index is 0.475. The highest BCUT2D eigenvalue weighted by molar-refractivity contribution is 5.49. The first-order valence-electron chi connectivity index (χ1n) is 6.08. The number of rotatable bonds is 6. The van der Waals surface area contributed by atoms with E-state index in [0.29, 0.717) is 17.5 Å². The van der Waals surface area contributed by atoms with Crippen molar-refractivity contribution >= 4 is 11.4 Å². The fourth-order valence-electron chi connectivity index (χ4n) is 1.95. The Balaban J connectivity index is 2.58. The van der Waals surface area contributed by atoms with Gasteiger partial charge in [-0.1, -0.05) is 20.8 Å². The van der Waals surface area contributed by atoms with Gasteiger partial charge in [-0.3, -0.25) is 10.1 Å². The maximum absolute atomic E-state index is 13.4. The molecule has 1 unspecified atom stereocenters. The van der Waals surface area contributed by atoms with E-state index < -0.39 is 16.4 Å². The predicted molar refractivity (Wildman–Crippen MR) is 70.2 cm³/mol. The van der Waals surface area contributed by atoms with Crippen LogP contribution in [0.15, 0.2) is 18.2 Å². The zero-order chi connectivity index (χ0) is 13.7. The Morgan fingerprint density at radius 1 is 1.39 bits per heavy atom. The second-order valence-electron chi connectivity index (χ2n) is 5.04.